The number of hydrogen-bond donors (Lipinski definition) is 0. The van der Waals surface area contributed by atoms with Gasteiger partial charge in [0.15, 0.2) is 5.43 Å². The lowest BCUT2D eigenvalue weighted by Gasteiger charge is -2.07. The minimum absolute atomic E-state index is 0.0990. The van der Waals surface area contributed by atoms with Crippen molar-refractivity contribution in [3.05, 3.63) is 33.9 Å². The summed E-state index contributed by atoms with van der Waals surface area (Å²) in [6, 6.07) is 2.86. The van der Waals surface area contributed by atoms with Gasteiger partial charge in [-0.1, -0.05) is 194 Å². The van der Waals surface area contributed by atoms with E-state index in [9.17, 15) is 4.79 Å². The lowest BCUT2D eigenvalue weighted by molar-refractivity contribution is -0.310. The molecule has 0 aliphatic heterocycles. The van der Waals surface area contributed by atoms with Gasteiger partial charge in [-0.3, -0.25) is 4.79 Å². The first-order valence-electron chi connectivity index (χ1n) is 20.4. The van der Waals surface area contributed by atoms with E-state index in [4.69, 9.17) is 24.0 Å². The zero-order valence-electron chi connectivity index (χ0n) is 31.1. The van der Waals surface area contributed by atoms with E-state index in [1.165, 1.54) is 179 Å². The molecule has 1 aromatic rings. The maximum atomic E-state index is 12.0. The SMILES string of the molecule is CCCCCCCCCCCCCCCCCOOCc1cc(=O)cc(COOCCCCCCCCCCCCCCCCC)o1. The van der Waals surface area contributed by atoms with Crippen molar-refractivity contribution < 1.29 is 24.0 Å². The van der Waals surface area contributed by atoms with Crippen LogP contribution in [0.4, 0.5) is 0 Å². The van der Waals surface area contributed by atoms with E-state index in [0.717, 1.165) is 25.7 Å². The second-order valence-corrected chi connectivity index (χ2v) is 13.8. The Labute approximate surface area is 290 Å². The van der Waals surface area contributed by atoms with Gasteiger partial charge in [-0.15, -0.1) is 0 Å². The molecule has 0 saturated carbocycles. The van der Waals surface area contributed by atoms with Gasteiger partial charge >= 0.3 is 0 Å². The molecule has 0 atom stereocenters. The summed E-state index contributed by atoms with van der Waals surface area (Å²) in [7, 11) is 0. The molecule has 276 valence electrons. The molecule has 47 heavy (non-hydrogen) atoms. The maximum absolute atomic E-state index is 12.0. The summed E-state index contributed by atoms with van der Waals surface area (Å²) in [5, 5.41) is 0. The Morgan fingerprint density at radius 2 is 0.638 bits per heavy atom. The van der Waals surface area contributed by atoms with E-state index in [-0.39, 0.29) is 18.6 Å². The highest BCUT2D eigenvalue weighted by Gasteiger charge is 2.05. The highest BCUT2D eigenvalue weighted by molar-refractivity contribution is 5.05. The average molecular weight is 665 g/mol. The smallest absolute Gasteiger partial charge is 0.185 e. The molecular weight excluding hydrogens is 588 g/mol. The first-order valence-corrected chi connectivity index (χ1v) is 20.4. The van der Waals surface area contributed by atoms with Crippen LogP contribution >= 0.6 is 0 Å². The van der Waals surface area contributed by atoms with Crippen LogP contribution in [0.25, 0.3) is 0 Å². The van der Waals surface area contributed by atoms with Crippen LogP contribution in [-0.2, 0) is 32.8 Å². The van der Waals surface area contributed by atoms with Crippen molar-refractivity contribution in [2.75, 3.05) is 13.2 Å². The lowest BCUT2D eigenvalue weighted by atomic mass is 10.0. The van der Waals surface area contributed by atoms with Crippen LogP contribution in [0.15, 0.2) is 21.3 Å². The molecular formula is C41H76O6. The number of hydrogen-bond acceptors (Lipinski definition) is 6. The largest absolute Gasteiger partial charge is 0.461 e. The van der Waals surface area contributed by atoms with E-state index in [1.807, 2.05) is 0 Å². The molecule has 0 fully saturated rings. The van der Waals surface area contributed by atoms with Crippen molar-refractivity contribution in [3.8, 4) is 0 Å². The predicted molar refractivity (Wildman–Crippen MR) is 196 cm³/mol. The third kappa shape index (κ3) is 31.8. The van der Waals surface area contributed by atoms with Gasteiger partial charge in [-0.2, -0.15) is 0 Å². The highest BCUT2D eigenvalue weighted by atomic mass is 17.2. The molecule has 6 heteroatoms. The second kappa shape index (κ2) is 36.1. The fourth-order valence-electron chi connectivity index (χ4n) is 6.11. The van der Waals surface area contributed by atoms with E-state index >= 15 is 0 Å². The summed E-state index contributed by atoms with van der Waals surface area (Å²) in [6.45, 7) is 5.87. The van der Waals surface area contributed by atoms with Crippen LogP contribution in [0.3, 0.4) is 0 Å². The minimum atomic E-state index is -0.140. The fourth-order valence-corrected chi connectivity index (χ4v) is 6.11. The highest BCUT2D eigenvalue weighted by Crippen LogP contribution is 2.15. The topological polar surface area (TPSA) is 67.1 Å². The van der Waals surface area contributed by atoms with Crippen LogP contribution in [0.2, 0.25) is 0 Å². The van der Waals surface area contributed by atoms with Gasteiger partial charge < -0.3 is 4.42 Å². The summed E-state index contributed by atoms with van der Waals surface area (Å²) in [4.78, 5) is 33.2. The summed E-state index contributed by atoms with van der Waals surface area (Å²) in [6.07, 6.45) is 40.1. The normalized spacial score (nSPS) is 11.5. The summed E-state index contributed by atoms with van der Waals surface area (Å²) >= 11 is 0. The molecule has 0 spiro atoms. The van der Waals surface area contributed by atoms with Gasteiger partial charge in [-0.25, -0.2) is 19.6 Å². The average Bonchev–Trinajstić information content (AvgIpc) is 3.07. The molecule has 0 unspecified atom stereocenters. The van der Waals surface area contributed by atoms with Gasteiger partial charge in [0.1, 0.15) is 24.7 Å². The molecule has 0 aromatic carbocycles. The first kappa shape index (κ1) is 43.8. The standard InChI is InChI=1S/C41H76O6/c1-3-5-7-9-11-13-15-17-19-21-23-25-27-29-31-33-43-45-37-40-35-39(42)36-41(47-40)38-46-44-34-32-30-28-26-24-22-20-18-16-14-12-10-8-6-4-2/h35-36H,3-34,37-38H2,1-2H3. The zero-order valence-corrected chi connectivity index (χ0v) is 31.1. The first-order chi connectivity index (χ1) is 23.3. The van der Waals surface area contributed by atoms with Crippen LogP contribution in [0, 0.1) is 0 Å². The molecule has 0 radical (unpaired) electrons. The van der Waals surface area contributed by atoms with Gasteiger partial charge in [0.25, 0.3) is 0 Å². The Balaban J connectivity index is 1.88. The van der Waals surface area contributed by atoms with Crippen LogP contribution in [0.5, 0.6) is 0 Å². The van der Waals surface area contributed by atoms with Gasteiger partial charge in [0.05, 0.1) is 13.2 Å². The molecule has 1 heterocycles. The van der Waals surface area contributed by atoms with Crippen molar-refractivity contribution in [1.82, 2.24) is 0 Å². The maximum Gasteiger partial charge on any atom is 0.185 e. The Hall–Kier alpha value is -1.21. The lowest BCUT2D eigenvalue weighted by Crippen LogP contribution is -2.06. The predicted octanol–water partition coefficient (Wildman–Crippen LogP) is 13.3. The zero-order chi connectivity index (χ0) is 33.7. The van der Waals surface area contributed by atoms with E-state index < -0.39 is 0 Å². The van der Waals surface area contributed by atoms with Crippen molar-refractivity contribution in [2.45, 2.75) is 220 Å². The van der Waals surface area contributed by atoms with Crippen LogP contribution < -0.4 is 5.43 Å². The quantitative estimate of drug-likeness (QED) is 0.0398. The second-order valence-electron chi connectivity index (χ2n) is 13.8. The Morgan fingerprint density at radius 1 is 0.383 bits per heavy atom. The molecule has 6 nitrogen and oxygen atoms in total. The summed E-state index contributed by atoms with van der Waals surface area (Å²) in [5.41, 5.74) is -0.140. The number of rotatable bonds is 38. The Morgan fingerprint density at radius 3 is 0.915 bits per heavy atom. The van der Waals surface area contributed by atoms with Gasteiger partial charge in [0.2, 0.25) is 0 Å². The van der Waals surface area contributed by atoms with E-state index in [1.54, 1.807) is 0 Å². The monoisotopic (exact) mass is 665 g/mol. The molecule has 0 aliphatic rings. The van der Waals surface area contributed by atoms with E-state index in [0.29, 0.717) is 24.7 Å². The van der Waals surface area contributed by atoms with Crippen LogP contribution in [-0.4, -0.2) is 13.2 Å². The third-order valence-electron chi connectivity index (χ3n) is 9.10. The summed E-state index contributed by atoms with van der Waals surface area (Å²) in [5.74, 6) is 0.852. The third-order valence-corrected chi connectivity index (χ3v) is 9.10. The summed E-state index contributed by atoms with van der Waals surface area (Å²) < 4.78 is 5.71. The van der Waals surface area contributed by atoms with Crippen molar-refractivity contribution in [2.24, 2.45) is 0 Å². The van der Waals surface area contributed by atoms with Crippen molar-refractivity contribution in [1.29, 1.82) is 0 Å². The molecule has 0 saturated heterocycles. The fraction of sp³-hybridized carbons (Fsp3) is 0.878. The van der Waals surface area contributed by atoms with Gasteiger partial charge in [-0.05, 0) is 12.8 Å². The van der Waals surface area contributed by atoms with Crippen LogP contribution in [0.1, 0.15) is 218 Å². The molecule has 1 aromatic heterocycles. The van der Waals surface area contributed by atoms with E-state index in [2.05, 4.69) is 13.8 Å². The molecule has 0 N–H and O–H groups in total. The van der Waals surface area contributed by atoms with Crippen molar-refractivity contribution >= 4 is 0 Å². The Bertz CT molecular complexity index is 748. The molecule has 0 bridgehead atoms. The molecule has 0 aliphatic carbocycles. The van der Waals surface area contributed by atoms with Crippen molar-refractivity contribution in [3.63, 3.8) is 0 Å². The Kier molecular flexibility index (Phi) is 33.6. The number of unbranched alkanes of at least 4 members (excludes halogenated alkanes) is 28. The minimum Gasteiger partial charge on any atom is -0.461 e. The molecule has 0 amide bonds. The molecule has 1 rings (SSSR count). The van der Waals surface area contributed by atoms with Gasteiger partial charge in [0, 0.05) is 12.1 Å².